The Bertz CT molecular complexity index is 488. The van der Waals surface area contributed by atoms with Crippen LogP contribution in [0.5, 0.6) is 0 Å². The van der Waals surface area contributed by atoms with Crippen LogP contribution in [0.25, 0.3) is 0 Å². The molecule has 0 aromatic heterocycles. The van der Waals surface area contributed by atoms with Crippen molar-refractivity contribution in [3.05, 3.63) is 33.8 Å². The molecule has 0 radical (unpaired) electrons. The highest BCUT2D eigenvalue weighted by Gasteiger charge is 2.28. The summed E-state index contributed by atoms with van der Waals surface area (Å²) in [4.78, 5) is 0. The van der Waals surface area contributed by atoms with E-state index in [0.29, 0.717) is 17.9 Å². The molecule has 2 aliphatic rings. The smallest absolute Gasteiger partial charge is 0.0517 e. The first kappa shape index (κ1) is 16.4. The zero-order valence-corrected chi connectivity index (χ0v) is 14.9. The second-order valence-corrected chi connectivity index (χ2v) is 7.53. The summed E-state index contributed by atoms with van der Waals surface area (Å²) in [7, 11) is 0. The van der Waals surface area contributed by atoms with Crippen LogP contribution in [0, 0.1) is 11.8 Å². The van der Waals surface area contributed by atoms with Gasteiger partial charge in [-0.05, 0) is 55.0 Å². The fourth-order valence-electron chi connectivity index (χ4n) is 3.52. The number of benzene rings is 1. The largest absolute Gasteiger partial charge is 0.381 e. The Morgan fingerprint density at radius 1 is 1.41 bits per heavy atom. The zero-order valence-electron chi connectivity index (χ0n) is 13.3. The van der Waals surface area contributed by atoms with Crippen LogP contribution in [0.3, 0.4) is 0 Å². The van der Waals surface area contributed by atoms with E-state index >= 15 is 0 Å². The van der Waals surface area contributed by atoms with Gasteiger partial charge in [0, 0.05) is 29.6 Å². The van der Waals surface area contributed by atoms with Crippen LogP contribution < -0.4 is 5.32 Å². The van der Waals surface area contributed by atoms with E-state index < -0.39 is 0 Å². The highest BCUT2D eigenvalue weighted by Crippen LogP contribution is 2.37. The number of hydrogen-bond acceptors (Lipinski definition) is 3. The predicted octanol–water partition coefficient (Wildman–Crippen LogP) is 3.72. The van der Waals surface area contributed by atoms with Crippen LogP contribution in [0.15, 0.2) is 22.7 Å². The summed E-state index contributed by atoms with van der Waals surface area (Å²) in [5, 5.41) is 3.72. The highest BCUT2D eigenvalue weighted by atomic mass is 79.9. The zero-order chi connectivity index (χ0) is 15.4. The molecule has 3 atom stereocenters. The van der Waals surface area contributed by atoms with Gasteiger partial charge in [-0.3, -0.25) is 0 Å². The van der Waals surface area contributed by atoms with Crippen molar-refractivity contribution in [3.8, 4) is 0 Å². The Kier molecular flexibility index (Phi) is 5.91. The summed E-state index contributed by atoms with van der Waals surface area (Å²) in [5.74, 6) is 1.29. The standard InChI is InChI=1S/C18H26BrNO2/c1-13-9-15-3-4-16(19)10-17(15)18(13)20-6-2-7-21-11-14-5-8-22-12-14/h3-4,10,13-14,18,20H,2,5-9,11-12H2,1H3/t13-,14+,18+/m1/s1. The molecule has 1 aliphatic carbocycles. The summed E-state index contributed by atoms with van der Waals surface area (Å²) in [5.41, 5.74) is 2.96. The van der Waals surface area contributed by atoms with E-state index in [2.05, 4.69) is 46.4 Å². The van der Waals surface area contributed by atoms with Gasteiger partial charge in [0.15, 0.2) is 0 Å². The Morgan fingerprint density at radius 2 is 2.32 bits per heavy atom. The third kappa shape index (κ3) is 4.10. The van der Waals surface area contributed by atoms with E-state index in [-0.39, 0.29) is 0 Å². The molecule has 1 aromatic rings. The van der Waals surface area contributed by atoms with Crippen LogP contribution >= 0.6 is 15.9 Å². The maximum Gasteiger partial charge on any atom is 0.0517 e. The molecule has 0 spiro atoms. The number of halogens is 1. The fraction of sp³-hybridized carbons (Fsp3) is 0.667. The molecule has 22 heavy (non-hydrogen) atoms. The summed E-state index contributed by atoms with van der Waals surface area (Å²) in [6.45, 7) is 6.84. The minimum atomic E-state index is 0.482. The molecule has 0 amide bonds. The van der Waals surface area contributed by atoms with Crippen molar-refractivity contribution < 1.29 is 9.47 Å². The minimum absolute atomic E-state index is 0.482. The number of nitrogens with one attached hydrogen (secondary N) is 1. The van der Waals surface area contributed by atoms with E-state index in [4.69, 9.17) is 9.47 Å². The van der Waals surface area contributed by atoms with Crippen molar-refractivity contribution >= 4 is 15.9 Å². The van der Waals surface area contributed by atoms with E-state index in [9.17, 15) is 0 Å². The molecule has 4 heteroatoms. The van der Waals surface area contributed by atoms with E-state index in [0.717, 1.165) is 45.8 Å². The molecule has 1 aliphatic heterocycles. The third-order valence-electron chi connectivity index (χ3n) is 4.76. The van der Waals surface area contributed by atoms with Gasteiger partial charge in [0.05, 0.1) is 13.2 Å². The molecule has 1 N–H and O–H groups in total. The van der Waals surface area contributed by atoms with Crippen molar-refractivity contribution in [3.63, 3.8) is 0 Å². The lowest BCUT2D eigenvalue weighted by atomic mass is 10.0. The molecule has 122 valence electrons. The van der Waals surface area contributed by atoms with Gasteiger partial charge < -0.3 is 14.8 Å². The monoisotopic (exact) mass is 367 g/mol. The van der Waals surface area contributed by atoms with Gasteiger partial charge in [-0.25, -0.2) is 0 Å². The molecule has 0 saturated carbocycles. The molecule has 0 bridgehead atoms. The summed E-state index contributed by atoms with van der Waals surface area (Å²) >= 11 is 3.59. The van der Waals surface area contributed by atoms with Gasteiger partial charge >= 0.3 is 0 Å². The molecule has 1 heterocycles. The normalized spacial score (nSPS) is 27.3. The van der Waals surface area contributed by atoms with Crippen LogP contribution in [-0.2, 0) is 15.9 Å². The Labute approximate surface area is 141 Å². The average Bonchev–Trinajstić information content (AvgIpc) is 3.11. The number of ether oxygens (including phenoxy) is 2. The van der Waals surface area contributed by atoms with Gasteiger partial charge in [0.25, 0.3) is 0 Å². The van der Waals surface area contributed by atoms with Crippen LogP contribution in [-0.4, -0.2) is 33.0 Å². The van der Waals surface area contributed by atoms with Crippen molar-refractivity contribution in [1.29, 1.82) is 0 Å². The summed E-state index contributed by atoms with van der Waals surface area (Å²) in [6.07, 6.45) is 3.40. The molecular formula is C18H26BrNO2. The van der Waals surface area contributed by atoms with Gasteiger partial charge in [-0.15, -0.1) is 0 Å². The molecular weight excluding hydrogens is 342 g/mol. The lowest BCUT2D eigenvalue weighted by Gasteiger charge is -2.19. The maximum atomic E-state index is 5.77. The van der Waals surface area contributed by atoms with Gasteiger partial charge in [0.2, 0.25) is 0 Å². The van der Waals surface area contributed by atoms with Gasteiger partial charge in [-0.1, -0.05) is 28.9 Å². The molecule has 3 rings (SSSR count). The number of rotatable bonds is 7. The Hall–Kier alpha value is -0.420. The first-order valence-electron chi connectivity index (χ1n) is 8.41. The SMILES string of the molecule is C[C@@H]1Cc2ccc(Br)cc2[C@H]1NCCCOC[C@@H]1CCOC1. The second kappa shape index (κ2) is 7.91. The predicted molar refractivity (Wildman–Crippen MR) is 92.1 cm³/mol. The molecule has 3 nitrogen and oxygen atoms in total. The van der Waals surface area contributed by atoms with Crippen molar-refractivity contribution in [2.45, 2.75) is 32.2 Å². The van der Waals surface area contributed by atoms with E-state index in [1.807, 2.05) is 0 Å². The van der Waals surface area contributed by atoms with Crippen molar-refractivity contribution in [2.24, 2.45) is 11.8 Å². The first-order valence-corrected chi connectivity index (χ1v) is 9.20. The highest BCUT2D eigenvalue weighted by molar-refractivity contribution is 9.10. The summed E-state index contributed by atoms with van der Waals surface area (Å²) < 4.78 is 12.3. The van der Waals surface area contributed by atoms with Crippen LogP contribution in [0.4, 0.5) is 0 Å². The average molecular weight is 368 g/mol. The van der Waals surface area contributed by atoms with Crippen LogP contribution in [0.2, 0.25) is 0 Å². The molecule has 1 saturated heterocycles. The van der Waals surface area contributed by atoms with E-state index in [1.165, 1.54) is 22.0 Å². The topological polar surface area (TPSA) is 30.5 Å². The first-order chi connectivity index (χ1) is 10.7. The van der Waals surface area contributed by atoms with Crippen molar-refractivity contribution in [2.75, 3.05) is 33.0 Å². The minimum Gasteiger partial charge on any atom is -0.381 e. The molecule has 1 aromatic carbocycles. The quantitative estimate of drug-likeness (QED) is 0.745. The third-order valence-corrected chi connectivity index (χ3v) is 5.25. The van der Waals surface area contributed by atoms with E-state index in [1.54, 1.807) is 0 Å². The number of hydrogen-bond donors (Lipinski definition) is 1. The fourth-order valence-corrected chi connectivity index (χ4v) is 3.90. The van der Waals surface area contributed by atoms with Crippen LogP contribution in [0.1, 0.15) is 36.9 Å². The van der Waals surface area contributed by atoms with Crippen molar-refractivity contribution in [1.82, 2.24) is 5.32 Å². The molecule has 0 unspecified atom stereocenters. The van der Waals surface area contributed by atoms with Gasteiger partial charge in [0.1, 0.15) is 0 Å². The molecule has 1 fully saturated rings. The Morgan fingerprint density at radius 3 is 3.14 bits per heavy atom. The summed E-state index contributed by atoms with van der Waals surface area (Å²) in [6, 6.07) is 7.15. The Balaban J connectivity index is 1.37. The lowest BCUT2D eigenvalue weighted by Crippen LogP contribution is -2.26. The lowest BCUT2D eigenvalue weighted by molar-refractivity contribution is 0.0877. The second-order valence-electron chi connectivity index (χ2n) is 6.61. The number of fused-ring (bicyclic) bond motifs is 1. The maximum absolute atomic E-state index is 5.77. The van der Waals surface area contributed by atoms with Gasteiger partial charge in [-0.2, -0.15) is 0 Å².